The summed E-state index contributed by atoms with van der Waals surface area (Å²) in [7, 11) is 0. The number of rotatable bonds is 5. The quantitative estimate of drug-likeness (QED) is 0.868. The van der Waals surface area contributed by atoms with Crippen molar-refractivity contribution in [1.82, 2.24) is 10.3 Å². The number of carbonyl (C=O) groups is 2. The van der Waals surface area contributed by atoms with E-state index >= 15 is 0 Å². The molecule has 2 aromatic rings. The molecule has 1 aromatic carbocycles. The molecular weight excluding hydrogens is 264 g/mol. The van der Waals surface area contributed by atoms with Crippen molar-refractivity contribution in [1.29, 1.82) is 0 Å². The van der Waals surface area contributed by atoms with Crippen LogP contribution in [0.15, 0.2) is 42.0 Å². The number of thiazole rings is 1. The molecule has 1 aromatic heterocycles. The number of nitrogens with zero attached hydrogens (tertiary/aromatic N) is 1. The molecule has 6 heteroatoms. The molecule has 5 nitrogen and oxygen atoms in total. The Bertz CT molecular complexity index is 555. The SMILES string of the molecule is O=C(N[C@H](Cc1ccccc1)C(=O)O)c1cncs1. The number of hydrogen-bond acceptors (Lipinski definition) is 4. The second kappa shape index (κ2) is 6.10. The molecule has 19 heavy (non-hydrogen) atoms. The van der Waals surface area contributed by atoms with Crippen molar-refractivity contribution >= 4 is 23.2 Å². The molecule has 0 spiro atoms. The number of carboxylic acid groups (broad SMARTS) is 1. The molecule has 1 amide bonds. The largest absolute Gasteiger partial charge is 0.480 e. The molecule has 2 N–H and O–H groups in total. The molecule has 0 bridgehead atoms. The highest BCUT2D eigenvalue weighted by Crippen LogP contribution is 2.08. The van der Waals surface area contributed by atoms with Crippen LogP contribution in [0.1, 0.15) is 15.2 Å². The van der Waals surface area contributed by atoms with Crippen LogP contribution in [0.25, 0.3) is 0 Å². The second-order valence-corrected chi connectivity index (χ2v) is 4.81. The van der Waals surface area contributed by atoms with Crippen LogP contribution in [0.5, 0.6) is 0 Å². The van der Waals surface area contributed by atoms with Gasteiger partial charge < -0.3 is 10.4 Å². The highest BCUT2D eigenvalue weighted by Gasteiger charge is 2.21. The van der Waals surface area contributed by atoms with Gasteiger partial charge in [0.1, 0.15) is 10.9 Å². The average molecular weight is 276 g/mol. The summed E-state index contributed by atoms with van der Waals surface area (Å²) in [5.41, 5.74) is 2.39. The minimum absolute atomic E-state index is 0.251. The smallest absolute Gasteiger partial charge is 0.326 e. The zero-order valence-electron chi connectivity index (χ0n) is 9.95. The van der Waals surface area contributed by atoms with Crippen LogP contribution in [-0.4, -0.2) is 28.0 Å². The van der Waals surface area contributed by atoms with E-state index in [4.69, 9.17) is 5.11 Å². The van der Waals surface area contributed by atoms with E-state index in [0.717, 1.165) is 5.56 Å². The lowest BCUT2D eigenvalue weighted by molar-refractivity contribution is -0.139. The summed E-state index contributed by atoms with van der Waals surface area (Å²) < 4.78 is 0. The Morgan fingerprint density at radius 2 is 2.05 bits per heavy atom. The van der Waals surface area contributed by atoms with Gasteiger partial charge in [0.2, 0.25) is 0 Å². The molecule has 0 unspecified atom stereocenters. The summed E-state index contributed by atoms with van der Waals surface area (Å²) in [4.78, 5) is 27.2. The van der Waals surface area contributed by atoms with Gasteiger partial charge in [0, 0.05) is 6.42 Å². The van der Waals surface area contributed by atoms with Gasteiger partial charge in [0.05, 0.1) is 11.7 Å². The van der Waals surface area contributed by atoms with Crippen LogP contribution in [0.4, 0.5) is 0 Å². The fourth-order valence-corrected chi connectivity index (χ4v) is 2.13. The first-order valence-electron chi connectivity index (χ1n) is 5.63. The van der Waals surface area contributed by atoms with Crippen LogP contribution in [0, 0.1) is 0 Å². The topological polar surface area (TPSA) is 79.3 Å². The normalized spacial score (nSPS) is 11.8. The number of aromatic nitrogens is 1. The monoisotopic (exact) mass is 276 g/mol. The molecule has 1 heterocycles. The zero-order valence-corrected chi connectivity index (χ0v) is 10.8. The molecule has 98 valence electrons. The van der Waals surface area contributed by atoms with E-state index in [9.17, 15) is 9.59 Å². The van der Waals surface area contributed by atoms with Crippen molar-refractivity contribution in [3.05, 3.63) is 52.5 Å². The van der Waals surface area contributed by atoms with Crippen molar-refractivity contribution in [2.75, 3.05) is 0 Å². The highest BCUT2D eigenvalue weighted by molar-refractivity contribution is 7.11. The summed E-state index contributed by atoms with van der Waals surface area (Å²) in [6, 6.07) is 8.23. The summed E-state index contributed by atoms with van der Waals surface area (Å²) in [5.74, 6) is -1.47. The van der Waals surface area contributed by atoms with E-state index in [1.54, 1.807) is 0 Å². The zero-order chi connectivity index (χ0) is 13.7. The van der Waals surface area contributed by atoms with Gasteiger partial charge in [-0.2, -0.15) is 0 Å². The molecule has 0 radical (unpaired) electrons. The minimum Gasteiger partial charge on any atom is -0.480 e. The van der Waals surface area contributed by atoms with E-state index < -0.39 is 17.9 Å². The summed E-state index contributed by atoms with van der Waals surface area (Å²) in [6.07, 6.45) is 1.67. The van der Waals surface area contributed by atoms with Crippen molar-refractivity contribution in [2.24, 2.45) is 0 Å². The first-order chi connectivity index (χ1) is 9.16. The maximum absolute atomic E-state index is 11.8. The molecule has 0 aliphatic carbocycles. The third-order valence-corrected chi connectivity index (χ3v) is 3.31. The highest BCUT2D eigenvalue weighted by atomic mass is 32.1. The Morgan fingerprint density at radius 3 is 2.63 bits per heavy atom. The lowest BCUT2D eigenvalue weighted by Gasteiger charge is -2.13. The van der Waals surface area contributed by atoms with Gasteiger partial charge in [0.15, 0.2) is 0 Å². The van der Waals surface area contributed by atoms with Crippen LogP contribution in [0.2, 0.25) is 0 Å². The van der Waals surface area contributed by atoms with Crippen LogP contribution in [-0.2, 0) is 11.2 Å². The predicted molar refractivity (Wildman–Crippen MR) is 71.2 cm³/mol. The minimum atomic E-state index is -1.05. The summed E-state index contributed by atoms with van der Waals surface area (Å²) >= 11 is 1.17. The summed E-state index contributed by atoms with van der Waals surface area (Å²) in [6.45, 7) is 0. The van der Waals surface area contributed by atoms with Gasteiger partial charge in [-0.25, -0.2) is 4.79 Å². The van der Waals surface area contributed by atoms with E-state index in [1.165, 1.54) is 23.0 Å². The lowest BCUT2D eigenvalue weighted by Crippen LogP contribution is -2.42. The fraction of sp³-hybridized carbons (Fsp3) is 0.154. The predicted octanol–water partition coefficient (Wildman–Crippen LogP) is 1.57. The fourth-order valence-electron chi connectivity index (χ4n) is 1.61. The Kier molecular flexibility index (Phi) is 4.25. The van der Waals surface area contributed by atoms with Crippen molar-refractivity contribution in [3.63, 3.8) is 0 Å². The second-order valence-electron chi connectivity index (χ2n) is 3.92. The Morgan fingerprint density at radius 1 is 1.32 bits per heavy atom. The van der Waals surface area contributed by atoms with Crippen molar-refractivity contribution < 1.29 is 14.7 Å². The number of carboxylic acids is 1. The van der Waals surface area contributed by atoms with E-state index in [1.807, 2.05) is 30.3 Å². The van der Waals surface area contributed by atoms with Gasteiger partial charge in [-0.1, -0.05) is 30.3 Å². The first kappa shape index (κ1) is 13.2. The molecule has 0 aliphatic rings. The number of nitrogens with one attached hydrogen (secondary N) is 1. The van der Waals surface area contributed by atoms with Gasteiger partial charge in [0.25, 0.3) is 5.91 Å². The number of aliphatic carboxylic acids is 1. The van der Waals surface area contributed by atoms with Crippen LogP contribution in [0.3, 0.4) is 0 Å². The van der Waals surface area contributed by atoms with E-state index in [0.29, 0.717) is 4.88 Å². The van der Waals surface area contributed by atoms with Gasteiger partial charge >= 0.3 is 5.97 Å². The Labute approximate surface area is 113 Å². The molecule has 0 aliphatic heterocycles. The molecule has 0 fully saturated rings. The number of carbonyl (C=O) groups excluding carboxylic acids is 1. The third-order valence-electron chi connectivity index (χ3n) is 2.54. The molecule has 0 saturated heterocycles. The maximum atomic E-state index is 11.8. The molecular formula is C13H12N2O3S. The Hall–Kier alpha value is -2.21. The van der Waals surface area contributed by atoms with Crippen molar-refractivity contribution in [3.8, 4) is 0 Å². The van der Waals surface area contributed by atoms with Gasteiger partial charge in [-0.05, 0) is 5.56 Å². The summed E-state index contributed by atoms with van der Waals surface area (Å²) in [5, 5.41) is 11.7. The number of benzene rings is 1. The van der Waals surface area contributed by atoms with Gasteiger partial charge in [-0.15, -0.1) is 11.3 Å². The molecule has 0 saturated carbocycles. The van der Waals surface area contributed by atoms with E-state index in [-0.39, 0.29) is 6.42 Å². The van der Waals surface area contributed by atoms with E-state index in [2.05, 4.69) is 10.3 Å². The van der Waals surface area contributed by atoms with Crippen molar-refractivity contribution in [2.45, 2.75) is 12.5 Å². The average Bonchev–Trinajstić information content (AvgIpc) is 2.93. The number of amides is 1. The van der Waals surface area contributed by atoms with Crippen LogP contribution < -0.4 is 5.32 Å². The Balaban J connectivity index is 2.05. The molecule has 2 rings (SSSR count). The third kappa shape index (κ3) is 3.62. The maximum Gasteiger partial charge on any atom is 0.326 e. The standard InChI is InChI=1S/C13H12N2O3S/c16-12(11-7-14-8-19-11)15-10(13(17)18)6-9-4-2-1-3-5-9/h1-5,7-8,10H,6H2,(H,15,16)(H,17,18)/t10-/m1/s1. The van der Waals surface area contributed by atoms with Gasteiger partial charge in [-0.3, -0.25) is 9.78 Å². The number of hydrogen-bond donors (Lipinski definition) is 2. The van der Waals surface area contributed by atoms with Crippen LogP contribution >= 0.6 is 11.3 Å². The first-order valence-corrected chi connectivity index (χ1v) is 6.51. The lowest BCUT2D eigenvalue weighted by atomic mass is 10.1. The molecule has 1 atom stereocenters.